The number of allylic oxidation sites excluding steroid dienone is 1. The van der Waals surface area contributed by atoms with E-state index < -0.39 is 7.12 Å². The summed E-state index contributed by atoms with van der Waals surface area (Å²) in [5.41, 5.74) is 0. The molecule has 0 fully saturated rings. The predicted octanol–water partition coefficient (Wildman–Crippen LogP) is 1.61. The summed E-state index contributed by atoms with van der Waals surface area (Å²) in [4.78, 5) is 0. The van der Waals surface area contributed by atoms with Crippen molar-refractivity contribution in [3.63, 3.8) is 0 Å². The fourth-order valence-electron chi connectivity index (χ4n) is 1.64. The van der Waals surface area contributed by atoms with Crippen molar-refractivity contribution in [1.29, 1.82) is 0 Å². The SMILES string of the molecule is CCCCCCCN1C=CC(B(O)O)C=N1. The molecule has 16 heavy (non-hydrogen) atoms. The molecule has 0 aliphatic carbocycles. The molecule has 5 heteroatoms. The van der Waals surface area contributed by atoms with Gasteiger partial charge in [0, 0.05) is 19.0 Å². The number of hydrogen-bond acceptors (Lipinski definition) is 4. The summed E-state index contributed by atoms with van der Waals surface area (Å²) in [6.07, 6.45) is 11.4. The molecule has 1 unspecified atom stereocenters. The van der Waals surface area contributed by atoms with Crippen LogP contribution in [0.1, 0.15) is 39.0 Å². The summed E-state index contributed by atoms with van der Waals surface area (Å²) >= 11 is 0. The zero-order valence-corrected chi connectivity index (χ0v) is 9.92. The van der Waals surface area contributed by atoms with E-state index in [2.05, 4.69) is 12.0 Å². The number of nitrogens with zero attached hydrogens (tertiary/aromatic N) is 2. The molecular formula is C11H21BN2O2. The standard InChI is InChI=1S/C11H21BN2O2/c1-2-3-4-5-6-8-14-9-7-11(10-13-14)12(15)16/h7,9-11,15-16H,2-6,8H2,1H3. The lowest BCUT2D eigenvalue weighted by atomic mass is 9.73. The van der Waals surface area contributed by atoms with Crippen molar-refractivity contribution in [2.45, 2.75) is 44.8 Å². The van der Waals surface area contributed by atoms with Crippen LogP contribution in [0.2, 0.25) is 5.82 Å². The third-order valence-corrected chi connectivity index (χ3v) is 2.70. The molecule has 2 N–H and O–H groups in total. The van der Waals surface area contributed by atoms with Crippen molar-refractivity contribution < 1.29 is 10.0 Å². The molecule has 0 aromatic heterocycles. The van der Waals surface area contributed by atoms with Crippen molar-refractivity contribution in [1.82, 2.24) is 5.01 Å². The molecule has 1 heterocycles. The molecule has 4 nitrogen and oxygen atoms in total. The molecule has 1 aliphatic rings. The van der Waals surface area contributed by atoms with E-state index in [9.17, 15) is 0 Å². The van der Waals surface area contributed by atoms with Crippen LogP contribution < -0.4 is 0 Å². The van der Waals surface area contributed by atoms with E-state index in [0.29, 0.717) is 0 Å². The second-order valence-corrected chi connectivity index (χ2v) is 4.17. The molecule has 0 radical (unpaired) electrons. The van der Waals surface area contributed by atoms with Gasteiger partial charge in [0.15, 0.2) is 0 Å². The molecule has 0 saturated carbocycles. The zero-order valence-electron chi connectivity index (χ0n) is 9.92. The fraction of sp³-hybridized carbons (Fsp3) is 0.727. The highest BCUT2D eigenvalue weighted by Crippen LogP contribution is 2.13. The molecule has 0 amide bonds. The lowest BCUT2D eigenvalue weighted by molar-refractivity contribution is 0.370. The van der Waals surface area contributed by atoms with Crippen LogP contribution in [0, 0.1) is 0 Å². The molecule has 0 bridgehead atoms. The van der Waals surface area contributed by atoms with E-state index in [1.165, 1.54) is 25.7 Å². The Hall–Kier alpha value is -0.805. The Morgan fingerprint density at radius 1 is 1.25 bits per heavy atom. The van der Waals surface area contributed by atoms with Crippen molar-refractivity contribution in [2.24, 2.45) is 5.10 Å². The van der Waals surface area contributed by atoms with Crippen LogP contribution in [0.3, 0.4) is 0 Å². The first-order valence-corrected chi connectivity index (χ1v) is 6.09. The summed E-state index contributed by atoms with van der Waals surface area (Å²) in [6, 6.07) is 0. The Bertz CT molecular complexity index is 230. The average Bonchev–Trinajstić information content (AvgIpc) is 2.29. The van der Waals surface area contributed by atoms with Gasteiger partial charge in [-0.1, -0.05) is 38.7 Å². The predicted molar refractivity (Wildman–Crippen MR) is 67.0 cm³/mol. The summed E-state index contributed by atoms with van der Waals surface area (Å²) in [6.45, 7) is 3.11. The normalized spacial score (nSPS) is 19.2. The van der Waals surface area contributed by atoms with Crippen molar-refractivity contribution >= 4 is 13.3 Å². The third-order valence-electron chi connectivity index (χ3n) is 2.70. The highest BCUT2D eigenvalue weighted by atomic mass is 16.4. The van der Waals surface area contributed by atoms with Crippen molar-refractivity contribution in [2.75, 3.05) is 6.54 Å². The second-order valence-electron chi connectivity index (χ2n) is 4.17. The van der Waals surface area contributed by atoms with Gasteiger partial charge >= 0.3 is 7.12 Å². The minimum absolute atomic E-state index is 0.364. The summed E-state index contributed by atoms with van der Waals surface area (Å²) in [5, 5.41) is 23.9. The maximum Gasteiger partial charge on any atom is 0.464 e. The van der Waals surface area contributed by atoms with Crippen LogP contribution in [0.4, 0.5) is 0 Å². The molecule has 0 spiro atoms. The molecule has 0 saturated heterocycles. The van der Waals surface area contributed by atoms with Crippen LogP contribution in [-0.4, -0.2) is 34.9 Å². The van der Waals surface area contributed by atoms with Crippen molar-refractivity contribution in [3.05, 3.63) is 12.3 Å². The number of rotatable bonds is 7. The summed E-state index contributed by atoms with van der Waals surface area (Å²) in [7, 11) is -1.34. The van der Waals surface area contributed by atoms with Crippen LogP contribution in [0.25, 0.3) is 0 Å². The molecule has 1 rings (SSSR count). The van der Waals surface area contributed by atoms with E-state index in [-0.39, 0.29) is 5.82 Å². The fourth-order valence-corrected chi connectivity index (χ4v) is 1.64. The van der Waals surface area contributed by atoms with Gasteiger partial charge in [0.25, 0.3) is 0 Å². The quantitative estimate of drug-likeness (QED) is 0.510. The van der Waals surface area contributed by atoms with Gasteiger partial charge < -0.3 is 10.0 Å². The smallest absolute Gasteiger partial charge is 0.426 e. The highest BCUT2D eigenvalue weighted by Gasteiger charge is 2.20. The second kappa shape index (κ2) is 7.47. The largest absolute Gasteiger partial charge is 0.464 e. The Kier molecular flexibility index (Phi) is 6.19. The minimum Gasteiger partial charge on any atom is -0.426 e. The van der Waals surface area contributed by atoms with Gasteiger partial charge in [0.1, 0.15) is 0 Å². The molecular weight excluding hydrogens is 203 g/mol. The minimum atomic E-state index is -1.34. The van der Waals surface area contributed by atoms with Gasteiger partial charge in [0.05, 0.1) is 5.82 Å². The van der Waals surface area contributed by atoms with Gasteiger partial charge in [-0.25, -0.2) is 0 Å². The Morgan fingerprint density at radius 3 is 2.56 bits per heavy atom. The molecule has 1 aliphatic heterocycles. The first-order chi connectivity index (χ1) is 7.74. The lowest BCUT2D eigenvalue weighted by Gasteiger charge is -2.19. The van der Waals surface area contributed by atoms with E-state index in [4.69, 9.17) is 10.0 Å². The topological polar surface area (TPSA) is 56.1 Å². The first kappa shape index (κ1) is 13.3. The van der Waals surface area contributed by atoms with E-state index >= 15 is 0 Å². The molecule has 0 aromatic rings. The van der Waals surface area contributed by atoms with Crippen LogP contribution in [0.15, 0.2) is 17.4 Å². The van der Waals surface area contributed by atoms with Crippen LogP contribution in [-0.2, 0) is 0 Å². The maximum absolute atomic E-state index is 8.93. The van der Waals surface area contributed by atoms with E-state index in [0.717, 1.165) is 13.0 Å². The van der Waals surface area contributed by atoms with Gasteiger partial charge in [-0.15, -0.1) is 0 Å². The van der Waals surface area contributed by atoms with Gasteiger partial charge in [-0.05, 0) is 6.42 Å². The van der Waals surface area contributed by atoms with Gasteiger partial charge in [-0.3, -0.25) is 5.01 Å². The third kappa shape index (κ3) is 4.81. The van der Waals surface area contributed by atoms with Crippen molar-refractivity contribution in [3.8, 4) is 0 Å². The Balaban J connectivity index is 2.12. The first-order valence-electron chi connectivity index (χ1n) is 6.09. The van der Waals surface area contributed by atoms with E-state index in [1.54, 1.807) is 12.3 Å². The molecule has 0 aromatic carbocycles. The maximum atomic E-state index is 8.93. The monoisotopic (exact) mass is 224 g/mol. The van der Waals surface area contributed by atoms with E-state index in [1.807, 2.05) is 11.2 Å². The number of hydrogen-bond donors (Lipinski definition) is 2. The Labute approximate surface area is 97.8 Å². The Morgan fingerprint density at radius 2 is 2.00 bits per heavy atom. The zero-order chi connectivity index (χ0) is 11.8. The van der Waals surface area contributed by atoms with Gasteiger partial charge in [-0.2, -0.15) is 5.10 Å². The van der Waals surface area contributed by atoms with Gasteiger partial charge in [0.2, 0.25) is 0 Å². The number of hydrazone groups is 1. The summed E-state index contributed by atoms with van der Waals surface area (Å²) < 4.78 is 0. The molecule has 1 atom stereocenters. The number of unbranched alkanes of at least 4 members (excludes halogenated alkanes) is 4. The van der Waals surface area contributed by atoms with Crippen LogP contribution >= 0.6 is 0 Å². The molecule has 90 valence electrons. The summed E-state index contributed by atoms with van der Waals surface area (Å²) in [5.74, 6) is -0.364. The van der Waals surface area contributed by atoms with Crippen LogP contribution in [0.5, 0.6) is 0 Å². The average molecular weight is 224 g/mol. The highest BCUT2D eigenvalue weighted by molar-refractivity contribution is 6.48. The lowest BCUT2D eigenvalue weighted by Crippen LogP contribution is -2.25.